The fourth-order valence-electron chi connectivity index (χ4n) is 2.51. The number of benzene rings is 1. The van der Waals surface area contributed by atoms with Crippen LogP contribution >= 0.6 is 0 Å². The van der Waals surface area contributed by atoms with E-state index in [0.29, 0.717) is 0 Å². The molecule has 1 aliphatic heterocycles. The minimum atomic E-state index is -1.51. The Bertz CT molecular complexity index is 737. The Kier molecular flexibility index (Phi) is 6.72. The zero-order chi connectivity index (χ0) is 20.0. The van der Waals surface area contributed by atoms with E-state index >= 15 is 0 Å². The zero-order valence-electron chi connectivity index (χ0n) is 14.7. The van der Waals surface area contributed by atoms with Gasteiger partial charge >= 0.3 is 5.97 Å². The van der Waals surface area contributed by atoms with Gasteiger partial charge in [0.2, 0.25) is 11.8 Å². The van der Waals surface area contributed by atoms with Gasteiger partial charge < -0.3 is 30.5 Å². The second-order valence-corrected chi connectivity index (χ2v) is 5.98. The first-order valence-electron chi connectivity index (χ1n) is 8.24. The van der Waals surface area contributed by atoms with Gasteiger partial charge in [0.15, 0.2) is 0 Å². The molecule has 1 aromatic rings. The Labute approximate surface area is 155 Å². The molecule has 146 valence electrons. The summed E-state index contributed by atoms with van der Waals surface area (Å²) in [5.74, 6) is -3.22. The van der Waals surface area contributed by atoms with Crippen LogP contribution in [0.5, 0.6) is 5.75 Å². The summed E-state index contributed by atoms with van der Waals surface area (Å²) in [6, 6.07) is 3.51. The van der Waals surface area contributed by atoms with Gasteiger partial charge in [-0.2, -0.15) is 0 Å². The van der Waals surface area contributed by atoms with Crippen LogP contribution in [0.25, 0.3) is 0 Å². The third-order valence-corrected chi connectivity index (χ3v) is 4.00. The number of aliphatic hydroxyl groups is 1. The molecule has 2 rings (SSSR count). The molecular weight excluding hydrogens is 358 g/mol. The van der Waals surface area contributed by atoms with Gasteiger partial charge in [0.05, 0.1) is 25.1 Å². The number of likely N-dealkylation sites (N-methyl/N-ethyl adjacent to an activating group) is 1. The van der Waals surface area contributed by atoms with E-state index in [2.05, 4.69) is 10.6 Å². The summed E-state index contributed by atoms with van der Waals surface area (Å²) in [5.41, 5.74) is 0.114. The van der Waals surface area contributed by atoms with Crippen molar-refractivity contribution in [1.29, 1.82) is 0 Å². The summed E-state index contributed by atoms with van der Waals surface area (Å²) in [6.07, 6.45) is -0.600. The molecule has 27 heavy (non-hydrogen) atoms. The lowest BCUT2D eigenvalue weighted by Gasteiger charge is -2.25. The number of carboxylic acids is 1. The Morgan fingerprint density at radius 2 is 1.96 bits per heavy atom. The fourth-order valence-corrected chi connectivity index (χ4v) is 2.51. The number of nitrogens with zero attached hydrogens (tertiary/aromatic N) is 1. The van der Waals surface area contributed by atoms with Gasteiger partial charge in [-0.05, 0) is 12.1 Å². The highest BCUT2D eigenvalue weighted by molar-refractivity contribution is 6.00. The summed E-state index contributed by atoms with van der Waals surface area (Å²) in [7, 11) is 1.48. The summed E-state index contributed by atoms with van der Waals surface area (Å²) in [5, 5.41) is 23.2. The second-order valence-electron chi connectivity index (χ2n) is 5.98. The number of aliphatic hydroxyl groups excluding tert-OH is 1. The summed E-state index contributed by atoms with van der Waals surface area (Å²) < 4.78 is 5.56. The Morgan fingerprint density at radius 3 is 2.63 bits per heavy atom. The van der Waals surface area contributed by atoms with Crippen LogP contribution in [0.15, 0.2) is 24.3 Å². The molecule has 0 saturated heterocycles. The Balaban J connectivity index is 2.34. The second kappa shape index (κ2) is 8.99. The van der Waals surface area contributed by atoms with Crippen LogP contribution in [-0.4, -0.2) is 77.7 Å². The molecule has 0 radical (unpaired) electrons. The van der Waals surface area contributed by atoms with Gasteiger partial charge in [0, 0.05) is 7.05 Å². The maximum Gasteiger partial charge on any atom is 0.326 e. The average Bonchev–Trinajstić information content (AvgIpc) is 2.64. The molecule has 10 heteroatoms. The van der Waals surface area contributed by atoms with Crippen LogP contribution in [0, 0.1) is 0 Å². The predicted molar refractivity (Wildman–Crippen MR) is 92.1 cm³/mol. The van der Waals surface area contributed by atoms with Crippen molar-refractivity contribution in [2.75, 3.05) is 26.8 Å². The molecule has 1 aliphatic rings. The number of fused-ring (bicyclic) bond motifs is 1. The number of hydrogen-bond acceptors (Lipinski definition) is 6. The molecule has 10 nitrogen and oxygen atoms in total. The molecule has 0 fully saturated rings. The van der Waals surface area contributed by atoms with E-state index in [1.165, 1.54) is 18.0 Å². The quantitative estimate of drug-likeness (QED) is 0.494. The molecule has 0 spiro atoms. The molecule has 0 aliphatic carbocycles. The van der Waals surface area contributed by atoms with Gasteiger partial charge in [-0.1, -0.05) is 12.1 Å². The average molecular weight is 379 g/mol. The van der Waals surface area contributed by atoms with E-state index in [1.807, 2.05) is 0 Å². The van der Waals surface area contributed by atoms with E-state index in [1.54, 1.807) is 18.2 Å². The molecule has 0 aromatic heterocycles. The molecular formula is C17H21N3O7. The van der Waals surface area contributed by atoms with Crippen molar-refractivity contribution in [3.63, 3.8) is 0 Å². The van der Waals surface area contributed by atoms with E-state index in [0.717, 1.165) is 0 Å². The highest BCUT2D eigenvalue weighted by atomic mass is 16.5. The van der Waals surface area contributed by atoms with Crippen molar-refractivity contribution in [2.45, 2.75) is 18.5 Å². The lowest BCUT2D eigenvalue weighted by Crippen LogP contribution is -2.52. The first-order chi connectivity index (χ1) is 12.8. The van der Waals surface area contributed by atoms with Gasteiger partial charge in [-0.25, -0.2) is 4.79 Å². The number of hydrogen-bond donors (Lipinski definition) is 4. The molecule has 0 saturated carbocycles. The third kappa shape index (κ3) is 5.17. The van der Waals surface area contributed by atoms with Crippen molar-refractivity contribution in [3.05, 3.63) is 29.8 Å². The molecule has 3 amide bonds. The first kappa shape index (κ1) is 20.2. The number of amides is 3. The van der Waals surface area contributed by atoms with Crippen LogP contribution in [0.1, 0.15) is 16.8 Å². The molecule has 4 N–H and O–H groups in total. The number of carbonyl (C=O) groups excluding carboxylic acids is 3. The predicted octanol–water partition coefficient (Wildman–Crippen LogP) is -1.41. The van der Waals surface area contributed by atoms with Crippen molar-refractivity contribution in [1.82, 2.24) is 15.5 Å². The third-order valence-electron chi connectivity index (χ3n) is 4.00. The number of ether oxygens (including phenoxy) is 1. The molecule has 0 unspecified atom stereocenters. The summed E-state index contributed by atoms with van der Waals surface area (Å²) in [6.45, 7) is -0.442. The standard InChI is InChI=1S/C17H21N3O7/c1-20-6-7-27-13-5-3-2-4-10(13)15(23)19-11(17(25)26)8-14(22)18-12(9-21)16(20)24/h2-5,11-12,21H,6-9H2,1H3,(H,18,22)(H,19,23)(H,25,26)/t11-,12-/m0/s1. The lowest BCUT2D eigenvalue weighted by molar-refractivity contribution is -0.142. The minimum Gasteiger partial charge on any atom is -0.491 e. The van der Waals surface area contributed by atoms with Crippen molar-refractivity contribution in [3.8, 4) is 5.75 Å². The number of aliphatic carboxylic acids is 1. The Morgan fingerprint density at radius 1 is 1.26 bits per heavy atom. The van der Waals surface area contributed by atoms with Gasteiger partial charge in [-0.15, -0.1) is 0 Å². The molecule has 1 aromatic carbocycles. The Hall–Kier alpha value is -3.14. The van der Waals surface area contributed by atoms with E-state index in [4.69, 9.17) is 4.74 Å². The van der Waals surface area contributed by atoms with Crippen LogP contribution in [0.4, 0.5) is 0 Å². The van der Waals surface area contributed by atoms with Crippen LogP contribution in [-0.2, 0) is 14.4 Å². The van der Waals surface area contributed by atoms with Crippen molar-refractivity contribution in [2.24, 2.45) is 0 Å². The van der Waals surface area contributed by atoms with Gasteiger partial charge in [-0.3, -0.25) is 14.4 Å². The zero-order valence-corrected chi connectivity index (χ0v) is 14.7. The van der Waals surface area contributed by atoms with Crippen molar-refractivity contribution >= 4 is 23.7 Å². The number of nitrogens with one attached hydrogen (secondary N) is 2. The van der Waals surface area contributed by atoms with Crippen LogP contribution in [0.2, 0.25) is 0 Å². The number of rotatable bonds is 2. The maximum absolute atomic E-state index is 12.4. The van der Waals surface area contributed by atoms with E-state index < -0.39 is 48.8 Å². The van der Waals surface area contributed by atoms with Crippen molar-refractivity contribution < 1.29 is 34.1 Å². The highest BCUT2D eigenvalue weighted by Gasteiger charge is 2.29. The molecule has 2 atom stereocenters. The van der Waals surface area contributed by atoms with E-state index in [-0.39, 0.29) is 24.5 Å². The van der Waals surface area contributed by atoms with Crippen LogP contribution in [0.3, 0.4) is 0 Å². The van der Waals surface area contributed by atoms with Gasteiger partial charge in [0.25, 0.3) is 5.91 Å². The summed E-state index contributed by atoms with van der Waals surface area (Å²) in [4.78, 5) is 49.5. The smallest absolute Gasteiger partial charge is 0.326 e. The van der Waals surface area contributed by atoms with Gasteiger partial charge in [0.1, 0.15) is 24.4 Å². The SMILES string of the molecule is CN1CCOc2ccccc2C(=O)N[C@H](C(=O)O)CC(=O)N[C@@H](CO)C1=O. The molecule has 0 bridgehead atoms. The van der Waals surface area contributed by atoms with E-state index in [9.17, 15) is 29.4 Å². The lowest BCUT2D eigenvalue weighted by atomic mass is 10.1. The minimum absolute atomic E-state index is 0.0565. The van der Waals surface area contributed by atoms with Crippen LogP contribution < -0.4 is 15.4 Å². The maximum atomic E-state index is 12.4. The number of para-hydroxylation sites is 1. The number of carbonyl (C=O) groups is 4. The fraction of sp³-hybridized carbons (Fsp3) is 0.412. The summed E-state index contributed by atoms with van der Waals surface area (Å²) >= 11 is 0. The largest absolute Gasteiger partial charge is 0.491 e. The molecule has 1 heterocycles. The highest BCUT2D eigenvalue weighted by Crippen LogP contribution is 2.18. The first-order valence-corrected chi connectivity index (χ1v) is 8.24. The monoisotopic (exact) mass is 379 g/mol. The normalized spacial score (nSPS) is 22.0. The topological polar surface area (TPSA) is 145 Å². The number of carboxylic acid groups (broad SMARTS) is 1.